The molecular weight excluding hydrogens is 216 g/mol. The molecule has 0 unspecified atom stereocenters. The summed E-state index contributed by atoms with van der Waals surface area (Å²) in [6, 6.07) is 7.31. The lowest BCUT2D eigenvalue weighted by Gasteiger charge is -2.19. The Kier molecular flexibility index (Phi) is 4.66. The molecule has 1 rings (SSSR count). The van der Waals surface area contributed by atoms with Crippen LogP contribution in [-0.4, -0.2) is 18.2 Å². The van der Waals surface area contributed by atoms with E-state index in [9.17, 15) is 4.79 Å². The molecule has 0 fully saturated rings. The lowest BCUT2D eigenvalue weighted by molar-refractivity contribution is 0.00695. The van der Waals surface area contributed by atoms with E-state index in [0.717, 1.165) is 5.56 Å². The third-order valence-corrected chi connectivity index (χ3v) is 2.06. The quantitative estimate of drug-likeness (QED) is 0.616. The molecule has 17 heavy (non-hydrogen) atoms. The summed E-state index contributed by atoms with van der Waals surface area (Å²) in [5.41, 5.74) is 6.53. The van der Waals surface area contributed by atoms with E-state index in [-0.39, 0.29) is 5.97 Å². The first-order chi connectivity index (χ1) is 7.92. The molecule has 0 amide bonds. The zero-order valence-electron chi connectivity index (χ0n) is 10.6. The van der Waals surface area contributed by atoms with Crippen LogP contribution in [0.3, 0.4) is 0 Å². The van der Waals surface area contributed by atoms with Crippen LogP contribution in [0.5, 0.6) is 0 Å². The summed E-state index contributed by atoms with van der Waals surface area (Å²) in [5, 5.41) is 3.01. The van der Waals surface area contributed by atoms with Gasteiger partial charge in [0.1, 0.15) is 5.60 Å². The number of benzene rings is 1. The molecule has 1 aromatic rings. The number of hydrogen-bond donors (Lipinski definition) is 2. The van der Waals surface area contributed by atoms with Gasteiger partial charge in [0.15, 0.2) is 0 Å². The zero-order chi connectivity index (χ0) is 12.9. The molecule has 0 bridgehead atoms. The number of hydrogen-bond acceptors (Lipinski definition) is 4. The molecule has 4 nitrogen and oxygen atoms in total. The Morgan fingerprint density at radius 1 is 1.29 bits per heavy atom. The van der Waals surface area contributed by atoms with Gasteiger partial charge in [0.05, 0.1) is 5.56 Å². The molecule has 0 spiro atoms. The molecular formula is C13H20N2O2. The van der Waals surface area contributed by atoms with E-state index >= 15 is 0 Å². The molecule has 0 aliphatic carbocycles. The summed E-state index contributed by atoms with van der Waals surface area (Å²) in [6.07, 6.45) is 0. The van der Waals surface area contributed by atoms with Gasteiger partial charge in [0, 0.05) is 13.2 Å². The Bertz CT molecular complexity index is 366. The van der Waals surface area contributed by atoms with Crippen LogP contribution >= 0.6 is 0 Å². The molecule has 0 saturated carbocycles. The Labute approximate surface area is 102 Å². The molecule has 0 aromatic heterocycles. The van der Waals surface area contributed by atoms with Crippen molar-refractivity contribution in [3.8, 4) is 0 Å². The van der Waals surface area contributed by atoms with Crippen LogP contribution in [0.1, 0.15) is 36.7 Å². The standard InChI is InChI=1S/C13H20N2O2/c1-13(2,3)17-12(16)11-6-4-10(5-7-11)8-15-9-14/h4-7,15H,8-9,14H2,1-3H3. The van der Waals surface area contributed by atoms with Crippen LogP contribution in [0.2, 0.25) is 0 Å². The molecule has 0 aliphatic rings. The van der Waals surface area contributed by atoms with Gasteiger partial charge in [-0.1, -0.05) is 12.1 Å². The van der Waals surface area contributed by atoms with Crippen molar-refractivity contribution in [3.05, 3.63) is 35.4 Å². The molecule has 4 heteroatoms. The molecule has 94 valence electrons. The van der Waals surface area contributed by atoms with Gasteiger partial charge < -0.3 is 15.8 Å². The van der Waals surface area contributed by atoms with Gasteiger partial charge in [-0.05, 0) is 38.5 Å². The molecule has 0 heterocycles. The topological polar surface area (TPSA) is 64.3 Å². The number of rotatable bonds is 4. The van der Waals surface area contributed by atoms with E-state index < -0.39 is 5.60 Å². The van der Waals surface area contributed by atoms with Gasteiger partial charge in [-0.25, -0.2) is 4.79 Å². The van der Waals surface area contributed by atoms with Crippen molar-refractivity contribution < 1.29 is 9.53 Å². The van der Waals surface area contributed by atoms with Gasteiger partial charge in [-0.3, -0.25) is 0 Å². The Morgan fingerprint density at radius 2 is 1.88 bits per heavy atom. The van der Waals surface area contributed by atoms with Crippen molar-refractivity contribution >= 4 is 5.97 Å². The van der Waals surface area contributed by atoms with Crippen molar-refractivity contribution in [3.63, 3.8) is 0 Å². The van der Waals surface area contributed by atoms with Crippen molar-refractivity contribution in [1.82, 2.24) is 5.32 Å². The highest BCUT2D eigenvalue weighted by molar-refractivity contribution is 5.89. The molecule has 0 aliphatic heterocycles. The average molecular weight is 236 g/mol. The largest absolute Gasteiger partial charge is 0.456 e. The van der Waals surface area contributed by atoms with Gasteiger partial charge >= 0.3 is 5.97 Å². The van der Waals surface area contributed by atoms with E-state index in [4.69, 9.17) is 10.5 Å². The second-order valence-corrected chi connectivity index (χ2v) is 4.83. The molecule has 3 N–H and O–H groups in total. The number of carbonyl (C=O) groups is 1. The van der Waals surface area contributed by atoms with Gasteiger partial charge in [0.2, 0.25) is 0 Å². The number of carbonyl (C=O) groups excluding carboxylic acids is 1. The SMILES string of the molecule is CC(C)(C)OC(=O)c1ccc(CNCN)cc1. The first-order valence-corrected chi connectivity index (χ1v) is 5.65. The maximum Gasteiger partial charge on any atom is 0.338 e. The van der Waals surface area contributed by atoms with Crippen LogP contribution in [0.25, 0.3) is 0 Å². The lowest BCUT2D eigenvalue weighted by atomic mass is 10.1. The highest BCUT2D eigenvalue weighted by Gasteiger charge is 2.17. The van der Waals surface area contributed by atoms with E-state index in [1.54, 1.807) is 12.1 Å². The number of esters is 1. The van der Waals surface area contributed by atoms with E-state index in [0.29, 0.717) is 18.8 Å². The highest BCUT2D eigenvalue weighted by atomic mass is 16.6. The highest BCUT2D eigenvalue weighted by Crippen LogP contribution is 2.12. The predicted octanol–water partition coefficient (Wildman–Crippen LogP) is 1.65. The number of nitrogens with two attached hydrogens (primary N) is 1. The summed E-state index contributed by atoms with van der Waals surface area (Å²) in [4.78, 5) is 11.7. The molecule has 0 saturated heterocycles. The monoisotopic (exact) mass is 236 g/mol. The van der Waals surface area contributed by atoms with Crippen molar-refractivity contribution in [2.45, 2.75) is 32.9 Å². The molecule has 0 radical (unpaired) electrons. The summed E-state index contributed by atoms with van der Waals surface area (Å²) >= 11 is 0. The van der Waals surface area contributed by atoms with Crippen LogP contribution in [0.4, 0.5) is 0 Å². The Hall–Kier alpha value is -1.39. The van der Waals surface area contributed by atoms with Crippen LogP contribution in [0, 0.1) is 0 Å². The summed E-state index contributed by atoms with van der Waals surface area (Å²) in [7, 11) is 0. The fourth-order valence-electron chi connectivity index (χ4n) is 1.31. The van der Waals surface area contributed by atoms with E-state index in [2.05, 4.69) is 5.32 Å². The fourth-order valence-corrected chi connectivity index (χ4v) is 1.31. The van der Waals surface area contributed by atoms with Crippen LogP contribution < -0.4 is 11.1 Å². The van der Waals surface area contributed by atoms with Crippen LogP contribution in [0.15, 0.2) is 24.3 Å². The molecule has 1 aromatic carbocycles. The minimum atomic E-state index is -0.461. The van der Waals surface area contributed by atoms with Crippen molar-refractivity contribution in [2.24, 2.45) is 5.73 Å². The van der Waals surface area contributed by atoms with Gasteiger partial charge in [-0.15, -0.1) is 0 Å². The number of nitrogens with one attached hydrogen (secondary N) is 1. The predicted molar refractivity (Wildman–Crippen MR) is 67.5 cm³/mol. The van der Waals surface area contributed by atoms with Gasteiger partial charge in [-0.2, -0.15) is 0 Å². The maximum absolute atomic E-state index is 11.7. The van der Waals surface area contributed by atoms with Gasteiger partial charge in [0.25, 0.3) is 0 Å². The fraction of sp³-hybridized carbons (Fsp3) is 0.462. The minimum Gasteiger partial charge on any atom is -0.456 e. The first kappa shape index (κ1) is 13.7. The molecule has 0 atom stereocenters. The normalized spacial score (nSPS) is 11.3. The van der Waals surface area contributed by atoms with Crippen LogP contribution in [-0.2, 0) is 11.3 Å². The summed E-state index contributed by atoms with van der Waals surface area (Å²) in [6.45, 7) is 6.69. The third-order valence-electron chi connectivity index (χ3n) is 2.06. The summed E-state index contributed by atoms with van der Waals surface area (Å²) < 4.78 is 5.27. The summed E-state index contributed by atoms with van der Waals surface area (Å²) in [5.74, 6) is -0.296. The number of ether oxygens (including phenoxy) is 1. The van der Waals surface area contributed by atoms with Crippen molar-refractivity contribution in [2.75, 3.05) is 6.67 Å². The average Bonchev–Trinajstić information content (AvgIpc) is 2.24. The minimum absolute atomic E-state index is 0.296. The Morgan fingerprint density at radius 3 is 2.35 bits per heavy atom. The lowest BCUT2D eigenvalue weighted by Crippen LogP contribution is -2.24. The van der Waals surface area contributed by atoms with E-state index in [1.807, 2.05) is 32.9 Å². The second kappa shape index (κ2) is 5.80. The zero-order valence-corrected chi connectivity index (χ0v) is 10.6. The Balaban J connectivity index is 2.64. The second-order valence-electron chi connectivity index (χ2n) is 4.83. The first-order valence-electron chi connectivity index (χ1n) is 5.65. The third kappa shape index (κ3) is 4.97. The van der Waals surface area contributed by atoms with E-state index in [1.165, 1.54) is 0 Å². The maximum atomic E-state index is 11.7. The van der Waals surface area contributed by atoms with Crippen molar-refractivity contribution in [1.29, 1.82) is 0 Å². The smallest absolute Gasteiger partial charge is 0.338 e.